The van der Waals surface area contributed by atoms with E-state index in [9.17, 15) is 33.9 Å². The van der Waals surface area contributed by atoms with Gasteiger partial charge >= 0.3 is 18.0 Å². The number of carbonyl (C=O) groups is 6. The van der Waals surface area contributed by atoms with Crippen molar-refractivity contribution in [3.8, 4) is 0 Å². The fourth-order valence-corrected chi connectivity index (χ4v) is 6.04. The first-order valence-electron chi connectivity index (χ1n) is 15.5. The monoisotopic (exact) mass is 646 g/mol. The number of aliphatic hydroxyl groups is 1. The van der Waals surface area contributed by atoms with Gasteiger partial charge < -0.3 is 39.8 Å². The van der Waals surface area contributed by atoms with E-state index in [1.807, 2.05) is 30.3 Å². The zero-order chi connectivity index (χ0) is 34.2. The highest BCUT2D eigenvalue weighted by atomic mass is 16.6. The molecule has 5 atom stereocenters. The highest BCUT2D eigenvalue weighted by Crippen LogP contribution is 2.36. The van der Waals surface area contributed by atoms with Gasteiger partial charge in [0, 0.05) is 26.4 Å². The molecule has 3 N–H and O–H groups in total. The predicted molar refractivity (Wildman–Crippen MR) is 164 cm³/mol. The molecule has 0 aromatic heterocycles. The number of alkyl carbamates (subject to hydrolysis) is 1. The van der Waals surface area contributed by atoms with Crippen molar-refractivity contribution in [1.29, 1.82) is 0 Å². The molecule has 14 nitrogen and oxygen atoms in total. The van der Waals surface area contributed by atoms with Gasteiger partial charge in [0.05, 0.1) is 13.7 Å². The Morgan fingerprint density at radius 2 is 1.72 bits per heavy atom. The van der Waals surface area contributed by atoms with Gasteiger partial charge in [-0.3, -0.25) is 19.2 Å². The average molecular weight is 647 g/mol. The molecule has 2 fully saturated rings. The van der Waals surface area contributed by atoms with E-state index in [0.717, 1.165) is 12.7 Å². The van der Waals surface area contributed by atoms with Crippen LogP contribution in [0.5, 0.6) is 0 Å². The molecular weight excluding hydrogens is 600 g/mol. The summed E-state index contributed by atoms with van der Waals surface area (Å²) >= 11 is 0. The summed E-state index contributed by atoms with van der Waals surface area (Å²) in [4.78, 5) is 81.8. The Labute approximate surface area is 269 Å². The van der Waals surface area contributed by atoms with Crippen LogP contribution < -0.4 is 10.6 Å². The lowest BCUT2D eigenvalue weighted by Crippen LogP contribution is -2.65. The molecule has 3 rings (SSSR count). The Bertz CT molecular complexity index is 1280. The molecule has 14 heteroatoms. The summed E-state index contributed by atoms with van der Waals surface area (Å²) in [5.41, 5.74) is -1.52. The van der Waals surface area contributed by atoms with Crippen LogP contribution in [0.3, 0.4) is 0 Å². The number of esters is 2. The molecular formula is C32H46N4O10. The Morgan fingerprint density at radius 3 is 2.30 bits per heavy atom. The maximum absolute atomic E-state index is 14.4. The highest BCUT2D eigenvalue weighted by molar-refractivity contribution is 5.98. The van der Waals surface area contributed by atoms with Crippen LogP contribution >= 0.6 is 0 Å². The van der Waals surface area contributed by atoms with Gasteiger partial charge in [-0.15, -0.1) is 0 Å². The zero-order valence-electron chi connectivity index (χ0n) is 27.4. The van der Waals surface area contributed by atoms with Gasteiger partial charge in [-0.25, -0.2) is 9.59 Å². The second kappa shape index (κ2) is 15.4. The molecule has 4 amide bonds. The van der Waals surface area contributed by atoms with E-state index in [-0.39, 0.29) is 25.9 Å². The lowest BCUT2D eigenvalue weighted by Gasteiger charge is -2.41. The third-order valence-electron chi connectivity index (χ3n) is 8.07. The number of carbonyl (C=O) groups excluding carboxylic acids is 6. The number of nitrogens with one attached hydrogen (secondary N) is 2. The molecule has 254 valence electrons. The van der Waals surface area contributed by atoms with E-state index in [0.29, 0.717) is 19.3 Å². The number of methoxy groups -OCH3 is 1. The van der Waals surface area contributed by atoms with Crippen LogP contribution in [0.15, 0.2) is 30.3 Å². The second-order valence-corrected chi connectivity index (χ2v) is 12.6. The van der Waals surface area contributed by atoms with Gasteiger partial charge in [0.15, 0.2) is 6.04 Å². The fraction of sp³-hybridized carbons (Fsp3) is 0.625. The number of hydrogen-bond acceptors (Lipinski definition) is 10. The van der Waals surface area contributed by atoms with Crippen molar-refractivity contribution in [2.75, 3.05) is 26.8 Å². The number of ether oxygens (including phenoxy) is 3. The van der Waals surface area contributed by atoms with E-state index in [1.54, 1.807) is 20.8 Å². The van der Waals surface area contributed by atoms with E-state index in [2.05, 4.69) is 10.6 Å². The molecule has 1 aromatic carbocycles. The van der Waals surface area contributed by atoms with Crippen LogP contribution in [-0.4, -0.2) is 113 Å². The lowest BCUT2D eigenvalue weighted by atomic mass is 9.86. The van der Waals surface area contributed by atoms with Crippen LogP contribution in [0.25, 0.3) is 0 Å². The zero-order valence-corrected chi connectivity index (χ0v) is 27.4. The Morgan fingerprint density at radius 1 is 1.04 bits per heavy atom. The molecule has 2 heterocycles. The van der Waals surface area contributed by atoms with Crippen molar-refractivity contribution in [2.24, 2.45) is 0 Å². The number of nitrogens with zero attached hydrogens (tertiary/aromatic N) is 2. The van der Waals surface area contributed by atoms with E-state index >= 15 is 0 Å². The fourth-order valence-electron chi connectivity index (χ4n) is 6.04. The predicted octanol–water partition coefficient (Wildman–Crippen LogP) is 1.08. The average Bonchev–Trinajstić information content (AvgIpc) is 3.65. The standard InChI is InChI=1S/C32H46N4O10/c1-20(45-21(2)38)25(28(41)44-6)34-29(42)32(18-22-12-8-7-9-13-22)15-11-17-36(32)27(40)24-14-10-16-35(24)26(39)23(19-37)33-30(43)46-31(3,4)5/h7-9,12-13,20,23-25,37H,10-11,14-19H2,1-6H3,(H,33,43)(H,34,42)/t20?,23?,24-,25?,32?/m0/s1. The molecule has 1 aromatic rings. The van der Waals surface area contributed by atoms with Crippen molar-refractivity contribution in [3.05, 3.63) is 35.9 Å². The van der Waals surface area contributed by atoms with Crippen molar-refractivity contribution in [3.63, 3.8) is 0 Å². The summed E-state index contributed by atoms with van der Waals surface area (Å²) in [6, 6.07) is 5.46. The molecule has 0 saturated carbocycles. The summed E-state index contributed by atoms with van der Waals surface area (Å²) in [7, 11) is 1.15. The van der Waals surface area contributed by atoms with Gasteiger partial charge in [0.1, 0.15) is 29.3 Å². The van der Waals surface area contributed by atoms with Crippen molar-refractivity contribution in [1.82, 2.24) is 20.4 Å². The third-order valence-corrected chi connectivity index (χ3v) is 8.07. The lowest BCUT2D eigenvalue weighted by molar-refractivity contribution is -0.159. The normalized spacial score (nSPS) is 21.5. The van der Waals surface area contributed by atoms with Gasteiger partial charge in [0.25, 0.3) is 0 Å². The van der Waals surface area contributed by atoms with E-state index < -0.39 is 77.7 Å². The first-order chi connectivity index (χ1) is 21.6. The first kappa shape index (κ1) is 36.3. The molecule has 0 radical (unpaired) electrons. The van der Waals surface area contributed by atoms with Crippen LogP contribution in [-0.2, 0) is 44.6 Å². The van der Waals surface area contributed by atoms with Gasteiger partial charge in [-0.1, -0.05) is 30.3 Å². The maximum Gasteiger partial charge on any atom is 0.408 e. The molecule has 4 unspecified atom stereocenters. The summed E-state index contributed by atoms with van der Waals surface area (Å²) in [5.74, 6) is -3.23. The van der Waals surface area contributed by atoms with Crippen LogP contribution in [0.2, 0.25) is 0 Å². The molecule has 46 heavy (non-hydrogen) atoms. The molecule has 2 aliphatic heterocycles. The third kappa shape index (κ3) is 8.74. The minimum absolute atomic E-state index is 0.112. The number of likely N-dealkylation sites (tertiary alicyclic amines) is 2. The first-order valence-corrected chi connectivity index (χ1v) is 15.5. The van der Waals surface area contributed by atoms with Crippen LogP contribution in [0.4, 0.5) is 4.79 Å². The topological polar surface area (TPSA) is 181 Å². The SMILES string of the molecule is COC(=O)C(NC(=O)C1(Cc2ccccc2)CCCN1C(=O)[C@@H]1CCCN1C(=O)C(CO)NC(=O)OC(C)(C)C)C(C)OC(C)=O. The largest absolute Gasteiger partial charge is 0.467 e. The molecule has 2 saturated heterocycles. The minimum atomic E-state index is -1.46. The van der Waals surface area contributed by atoms with E-state index in [1.165, 1.54) is 23.6 Å². The number of hydrogen-bond donors (Lipinski definition) is 3. The van der Waals surface area contributed by atoms with Crippen LogP contribution in [0.1, 0.15) is 65.9 Å². The van der Waals surface area contributed by atoms with Gasteiger partial charge in [-0.2, -0.15) is 0 Å². The van der Waals surface area contributed by atoms with Gasteiger partial charge in [-0.05, 0) is 58.9 Å². The van der Waals surface area contributed by atoms with E-state index in [4.69, 9.17) is 14.2 Å². The summed E-state index contributed by atoms with van der Waals surface area (Å²) in [6.45, 7) is 7.32. The quantitative estimate of drug-likeness (QED) is 0.233. The summed E-state index contributed by atoms with van der Waals surface area (Å²) in [6.07, 6.45) is -0.316. The minimum Gasteiger partial charge on any atom is -0.467 e. The second-order valence-electron chi connectivity index (χ2n) is 12.6. The Kier molecular flexibility index (Phi) is 12.1. The Hall–Kier alpha value is -4.20. The molecule has 0 aliphatic carbocycles. The Balaban J connectivity index is 1.94. The van der Waals surface area contributed by atoms with Gasteiger partial charge in [0.2, 0.25) is 17.7 Å². The number of rotatable bonds is 11. The molecule has 2 aliphatic rings. The van der Waals surface area contributed by atoms with Crippen LogP contribution in [0, 0.1) is 0 Å². The smallest absolute Gasteiger partial charge is 0.408 e. The van der Waals surface area contributed by atoms with Crippen molar-refractivity contribution >= 4 is 35.8 Å². The molecule has 0 spiro atoms. The summed E-state index contributed by atoms with van der Waals surface area (Å²) < 4.78 is 15.3. The number of amides is 4. The number of benzene rings is 1. The maximum atomic E-state index is 14.4. The molecule has 0 bridgehead atoms. The summed E-state index contributed by atoms with van der Waals surface area (Å²) in [5, 5.41) is 15.1. The number of aliphatic hydroxyl groups excluding tert-OH is 1. The highest BCUT2D eigenvalue weighted by Gasteiger charge is 2.53. The van der Waals surface area contributed by atoms with Crippen molar-refractivity contribution < 1.29 is 48.1 Å². The van der Waals surface area contributed by atoms with Crippen molar-refractivity contribution in [2.45, 2.75) is 102 Å².